The number of hydrogen-bond acceptors (Lipinski definition) is 1. The second-order valence-corrected chi connectivity index (χ2v) is 2.70. The van der Waals surface area contributed by atoms with E-state index in [9.17, 15) is 26.3 Å². The van der Waals surface area contributed by atoms with Crippen LogP contribution in [0.2, 0.25) is 0 Å². The number of alkyl halides is 7. The van der Waals surface area contributed by atoms with E-state index in [0.29, 0.717) is 0 Å². The summed E-state index contributed by atoms with van der Waals surface area (Å²) in [6.07, 6.45) is -5.85. The van der Waals surface area contributed by atoms with Crippen LogP contribution in [0.4, 0.5) is 26.3 Å². The molecular formula is C3HClF6S. The summed E-state index contributed by atoms with van der Waals surface area (Å²) in [5.74, 6) is 0. The Balaban J connectivity index is 4.75. The van der Waals surface area contributed by atoms with Crippen molar-refractivity contribution >= 4 is 24.2 Å². The van der Waals surface area contributed by atoms with E-state index in [1.807, 2.05) is 0 Å². The molecule has 0 aromatic carbocycles. The lowest BCUT2D eigenvalue weighted by Crippen LogP contribution is -2.47. The van der Waals surface area contributed by atoms with Crippen LogP contribution in [-0.2, 0) is 0 Å². The topological polar surface area (TPSA) is 0 Å². The van der Waals surface area contributed by atoms with Gasteiger partial charge in [0.15, 0.2) is 0 Å². The highest BCUT2D eigenvalue weighted by molar-refractivity contribution is 7.81. The van der Waals surface area contributed by atoms with E-state index in [4.69, 9.17) is 0 Å². The average Bonchev–Trinajstić information content (AvgIpc) is 1.58. The van der Waals surface area contributed by atoms with E-state index in [1.165, 1.54) is 0 Å². The molecule has 0 aliphatic carbocycles. The number of hydrogen-bond donors (Lipinski definition) is 1. The summed E-state index contributed by atoms with van der Waals surface area (Å²) in [7, 11) is 0. The predicted molar refractivity (Wildman–Crippen MR) is 29.7 cm³/mol. The van der Waals surface area contributed by atoms with E-state index in [-0.39, 0.29) is 0 Å². The van der Waals surface area contributed by atoms with Gasteiger partial charge in [-0.25, -0.2) is 4.39 Å². The zero-order chi connectivity index (χ0) is 9.50. The van der Waals surface area contributed by atoms with E-state index in [1.54, 1.807) is 0 Å². The molecule has 0 nitrogen and oxygen atoms in total. The molecule has 0 aromatic rings. The Morgan fingerprint density at radius 2 is 1.18 bits per heavy atom. The first-order chi connectivity index (χ1) is 4.50. The van der Waals surface area contributed by atoms with Crippen LogP contribution in [0.15, 0.2) is 0 Å². The van der Waals surface area contributed by atoms with Crippen molar-refractivity contribution in [3.63, 3.8) is 0 Å². The van der Waals surface area contributed by atoms with Crippen LogP contribution in [0.5, 0.6) is 0 Å². The third-order valence-electron chi connectivity index (χ3n) is 0.734. The summed E-state index contributed by atoms with van der Waals surface area (Å²) in [5.41, 5.74) is 0. The maximum absolute atomic E-state index is 11.9. The van der Waals surface area contributed by atoms with Gasteiger partial charge in [0.05, 0.1) is 0 Å². The summed E-state index contributed by atoms with van der Waals surface area (Å²) >= 11 is 5.94. The molecule has 0 saturated heterocycles. The Labute approximate surface area is 67.9 Å². The van der Waals surface area contributed by atoms with Gasteiger partial charge in [0.2, 0.25) is 0 Å². The minimum Gasteiger partial charge on any atom is -0.208 e. The van der Waals surface area contributed by atoms with Crippen LogP contribution in [0.1, 0.15) is 0 Å². The molecule has 0 aromatic heterocycles. The maximum atomic E-state index is 11.9. The largest absolute Gasteiger partial charge is 0.444 e. The zero-order valence-corrected chi connectivity index (χ0v) is 6.24. The molecule has 0 amide bonds. The molecule has 0 N–H and O–H groups in total. The van der Waals surface area contributed by atoms with E-state index in [0.717, 1.165) is 0 Å². The van der Waals surface area contributed by atoms with Crippen molar-refractivity contribution < 1.29 is 26.3 Å². The third kappa shape index (κ3) is 2.08. The second-order valence-electron chi connectivity index (χ2n) is 1.61. The predicted octanol–water partition coefficient (Wildman–Crippen LogP) is 2.98. The van der Waals surface area contributed by atoms with E-state index in [2.05, 4.69) is 24.2 Å². The monoisotopic (exact) mass is 218 g/mol. The van der Waals surface area contributed by atoms with Crippen molar-refractivity contribution in [1.82, 2.24) is 0 Å². The standard InChI is InChI=1S/C3HClF6S/c4-1(5,2(6,7)8)3(9,10)11/h11H. The Morgan fingerprint density at radius 3 is 1.18 bits per heavy atom. The average molecular weight is 219 g/mol. The van der Waals surface area contributed by atoms with Crippen molar-refractivity contribution in [2.24, 2.45) is 0 Å². The Bertz CT molecular complexity index is 129. The van der Waals surface area contributed by atoms with Crippen LogP contribution < -0.4 is 0 Å². The van der Waals surface area contributed by atoms with Gasteiger partial charge < -0.3 is 0 Å². The molecule has 1 unspecified atom stereocenters. The molecule has 0 fully saturated rings. The van der Waals surface area contributed by atoms with Crippen molar-refractivity contribution in [2.75, 3.05) is 0 Å². The molecule has 0 aliphatic rings. The number of thiol groups is 1. The van der Waals surface area contributed by atoms with Gasteiger partial charge in [0, 0.05) is 0 Å². The van der Waals surface area contributed by atoms with Crippen molar-refractivity contribution in [3.05, 3.63) is 0 Å². The lowest BCUT2D eigenvalue weighted by molar-refractivity contribution is -0.240. The first kappa shape index (κ1) is 11.2. The van der Waals surface area contributed by atoms with Gasteiger partial charge in [-0.1, -0.05) is 11.6 Å². The van der Waals surface area contributed by atoms with Gasteiger partial charge in [0.25, 0.3) is 0 Å². The fourth-order valence-corrected chi connectivity index (χ4v) is 0.297. The Kier molecular flexibility index (Phi) is 2.67. The summed E-state index contributed by atoms with van der Waals surface area (Å²) in [6.45, 7) is 0. The fraction of sp³-hybridized carbons (Fsp3) is 1.00. The van der Waals surface area contributed by atoms with Gasteiger partial charge in [-0.2, -0.15) is 22.0 Å². The van der Waals surface area contributed by atoms with E-state index >= 15 is 0 Å². The minimum absolute atomic E-state index is 2.07. The quantitative estimate of drug-likeness (QED) is 0.390. The van der Waals surface area contributed by atoms with Gasteiger partial charge >= 0.3 is 16.6 Å². The molecule has 0 saturated carbocycles. The summed E-state index contributed by atoms with van der Waals surface area (Å²) < 4.78 is 69.1. The Morgan fingerprint density at radius 1 is 0.909 bits per heavy atom. The lowest BCUT2D eigenvalue weighted by Gasteiger charge is -2.25. The van der Waals surface area contributed by atoms with Crippen LogP contribution in [0.25, 0.3) is 0 Å². The highest BCUT2D eigenvalue weighted by Gasteiger charge is 2.69. The number of rotatable bonds is 1. The third-order valence-corrected chi connectivity index (χ3v) is 1.63. The van der Waals surface area contributed by atoms with Crippen LogP contribution in [-0.4, -0.2) is 16.6 Å². The van der Waals surface area contributed by atoms with Crippen LogP contribution in [0.3, 0.4) is 0 Å². The van der Waals surface area contributed by atoms with Crippen LogP contribution >= 0.6 is 24.2 Å². The summed E-state index contributed by atoms with van der Waals surface area (Å²) in [6, 6.07) is 0. The molecule has 0 aliphatic heterocycles. The molecular weight excluding hydrogens is 218 g/mol. The zero-order valence-electron chi connectivity index (χ0n) is 4.59. The highest BCUT2D eigenvalue weighted by atomic mass is 35.5. The molecule has 0 spiro atoms. The molecule has 0 rings (SSSR count). The molecule has 0 radical (unpaired) electrons. The second kappa shape index (κ2) is 2.62. The maximum Gasteiger partial charge on any atom is 0.444 e. The number of halogens is 7. The molecule has 0 bridgehead atoms. The first-order valence-corrected chi connectivity index (χ1v) is 2.87. The van der Waals surface area contributed by atoms with Gasteiger partial charge in [-0.3, -0.25) is 0 Å². The SMILES string of the molecule is FC(F)(F)C(F)(Cl)C(F)(F)S. The van der Waals surface area contributed by atoms with Gasteiger partial charge in [-0.05, 0) is 0 Å². The molecule has 11 heavy (non-hydrogen) atoms. The normalized spacial score (nSPS) is 19.6. The van der Waals surface area contributed by atoms with Crippen molar-refractivity contribution in [2.45, 2.75) is 16.6 Å². The smallest absolute Gasteiger partial charge is 0.208 e. The van der Waals surface area contributed by atoms with Gasteiger partial charge in [0.1, 0.15) is 0 Å². The summed E-state index contributed by atoms with van der Waals surface area (Å²) in [5, 5.41) is -10.1. The van der Waals surface area contributed by atoms with Gasteiger partial charge in [-0.15, -0.1) is 12.6 Å². The first-order valence-electron chi connectivity index (χ1n) is 2.05. The highest BCUT2D eigenvalue weighted by Crippen LogP contribution is 2.49. The minimum atomic E-state index is -5.85. The molecule has 1 atom stereocenters. The van der Waals surface area contributed by atoms with Crippen molar-refractivity contribution in [3.8, 4) is 0 Å². The Hall–Kier alpha value is 0.220. The lowest BCUT2D eigenvalue weighted by atomic mass is 10.4. The molecule has 68 valence electrons. The molecule has 8 heteroatoms. The van der Waals surface area contributed by atoms with Crippen LogP contribution in [0, 0.1) is 0 Å². The van der Waals surface area contributed by atoms with E-state index < -0.39 is 16.6 Å². The fourth-order valence-electron chi connectivity index (χ4n) is 0.171. The summed E-state index contributed by atoms with van der Waals surface area (Å²) in [4.78, 5) is 0. The van der Waals surface area contributed by atoms with Crippen molar-refractivity contribution in [1.29, 1.82) is 0 Å². The molecule has 0 heterocycles.